The first-order chi connectivity index (χ1) is 19.0. The Balaban J connectivity index is 0.000000231. The molecule has 2 aliphatic carbocycles. The van der Waals surface area contributed by atoms with Crippen LogP contribution in [0.5, 0.6) is 5.75 Å². The summed E-state index contributed by atoms with van der Waals surface area (Å²) in [7, 11) is 0. The fourth-order valence-electron chi connectivity index (χ4n) is 5.90. The van der Waals surface area contributed by atoms with Crippen LogP contribution in [0.4, 0.5) is 0 Å². The Morgan fingerprint density at radius 2 is 1.64 bits per heavy atom. The molecule has 7 rings (SSSR count). The molecule has 3 nitrogen and oxygen atoms in total. The minimum absolute atomic E-state index is 0.0108. The molecule has 0 amide bonds. The number of nitriles is 1. The van der Waals surface area contributed by atoms with Crippen LogP contribution in [0.3, 0.4) is 0 Å². The van der Waals surface area contributed by atoms with Crippen LogP contribution < -0.4 is 4.74 Å². The molecule has 0 bridgehead atoms. The molecule has 0 radical (unpaired) electrons. The van der Waals surface area contributed by atoms with E-state index >= 15 is 0 Å². The predicted molar refractivity (Wildman–Crippen MR) is 157 cm³/mol. The monoisotopic (exact) mass is 507 g/mol. The van der Waals surface area contributed by atoms with Crippen molar-refractivity contribution < 1.29 is 9.53 Å². The Kier molecular flexibility index (Phi) is 6.25. The minimum Gasteiger partial charge on any atom is -0.465 e. The van der Waals surface area contributed by atoms with E-state index in [1.54, 1.807) is 6.26 Å². The second-order valence-electron chi connectivity index (χ2n) is 10.8. The van der Waals surface area contributed by atoms with Gasteiger partial charge in [-0.25, -0.2) is 0 Å². The molecule has 0 spiro atoms. The van der Waals surface area contributed by atoms with Crippen molar-refractivity contribution >= 4 is 22.1 Å². The molecule has 1 aliphatic heterocycles. The van der Waals surface area contributed by atoms with Crippen LogP contribution in [0, 0.1) is 16.7 Å². The van der Waals surface area contributed by atoms with Gasteiger partial charge in [-0.1, -0.05) is 92.7 Å². The SMILES string of the molecule is C1=COc2ccccc2C1.CC1(C)CC=CC2=C1CC(=O)c1c2ccc2c(C#N)ccc(-c3ccccc3)c12. The van der Waals surface area contributed by atoms with Crippen molar-refractivity contribution in [3.8, 4) is 22.9 Å². The van der Waals surface area contributed by atoms with Crippen LogP contribution in [-0.2, 0) is 6.42 Å². The van der Waals surface area contributed by atoms with Gasteiger partial charge in [-0.2, -0.15) is 5.26 Å². The topological polar surface area (TPSA) is 50.1 Å². The van der Waals surface area contributed by atoms with Gasteiger partial charge in [0.1, 0.15) is 5.75 Å². The van der Waals surface area contributed by atoms with E-state index in [9.17, 15) is 10.1 Å². The van der Waals surface area contributed by atoms with Crippen LogP contribution in [0.2, 0.25) is 0 Å². The number of ketones is 1. The summed E-state index contributed by atoms with van der Waals surface area (Å²) < 4.78 is 5.24. The maximum Gasteiger partial charge on any atom is 0.168 e. The summed E-state index contributed by atoms with van der Waals surface area (Å²) in [6, 6.07) is 28.4. The maximum atomic E-state index is 13.5. The van der Waals surface area contributed by atoms with Gasteiger partial charge in [0.2, 0.25) is 0 Å². The number of allylic oxidation sites excluding steroid dienone is 5. The summed E-state index contributed by atoms with van der Waals surface area (Å²) in [6.45, 7) is 4.43. The molecule has 190 valence electrons. The van der Waals surface area contributed by atoms with E-state index in [1.165, 1.54) is 16.7 Å². The van der Waals surface area contributed by atoms with E-state index in [1.807, 2.05) is 66.7 Å². The number of ether oxygens (including phenoxy) is 1. The largest absolute Gasteiger partial charge is 0.465 e. The average Bonchev–Trinajstić information content (AvgIpc) is 2.97. The lowest BCUT2D eigenvalue weighted by molar-refractivity contribution is 0.0985. The van der Waals surface area contributed by atoms with Crippen molar-refractivity contribution in [2.75, 3.05) is 0 Å². The second kappa shape index (κ2) is 9.89. The molecule has 0 unspecified atom stereocenters. The van der Waals surface area contributed by atoms with Gasteiger partial charge in [-0.15, -0.1) is 0 Å². The summed E-state index contributed by atoms with van der Waals surface area (Å²) in [5.74, 6) is 1.14. The lowest BCUT2D eigenvalue weighted by atomic mass is 9.68. The Morgan fingerprint density at radius 3 is 2.44 bits per heavy atom. The van der Waals surface area contributed by atoms with Gasteiger partial charge >= 0.3 is 0 Å². The summed E-state index contributed by atoms with van der Waals surface area (Å²) in [4.78, 5) is 13.5. The number of para-hydroxylation sites is 1. The maximum absolute atomic E-state index is 13.5. The summed E-state index contributed by atoms with van der Waals surface area (Å²) in [6.07, 6.45) is 10.5. The van der Waals surface area contributed by atoms with Crippen molar-refractivity contribution in [2.24, 2.45) is 5.41 Å². The molecule has 0 aromatic heterocycles. The molecule has 3 heteroatoms. The van der Waals surface area contributed by atoms with E-state index in [4.69, 9.17) is 4.74 Å². The van der Waals surface area contributed by atoms with E-state index in [-0.39, 0.29) is 11.2 Å². The zero-order valence-corrected chi connectivity index (χ0v) is 22.2. The van der Waals surface area contributed by atoms with Crippen molar-refractivity contribution in [2.45, 2.75) is 33.1 Å². The van der Waals surface area contributed by atoms with Crippen LogP contribution in [0.1, 0.15) is 53.7 Å². The lowest BCUT2D eigenvalue weighted by Crippen LogP contribution is -2.24. The van der Waals surface area contributed by atoms with Crippen molar-refractivity contribution in [3.05, 3.63) is 131 Å². The summed E-state index contributed by atoms with van der Waals surface area (Å²) >= 11 is 0. The highest BCUT2D eigenvalue weighted by molar-refractivity contribution is 6.20. The van der Waals surface area contributed by atoms with Gasteiger partial charge in [0, 0.05) is 22.8 Å². The molecule has 1 heterocycles. The van der Waals surface area contributed by atoms with Crippen LogP contribution in [-0.4, -0.2) is 5.78 Å². The second-order valence-corrected chi connectivity index (χ2v) is 10.8. The van der Waals surface area contributed by atoms with Gasteiger partial charge in [-0.3, -0.25) is 4.79 Å². The normalized spacial score (nSPS) is 16.3. The van der Waals surface area contributed by atoms with E-state index in [0.29, 0.717) is 12.0 Å². The van der Waals surface area contributed by atoms with E-state index < -0.39 is 0 Å². The zero-order valence-electron chi connectivity index (χ0n) is 22.2. The highest BCUT2D eigenvalue weighted by atomic mass is 16.5. The number of carbonyl (C=O) groups excluding carboxylic acids is 1. The number of hydrogen-bond donors (Lipinski definition) is 0. The van der Waals surface area contributed by atoms with E-state index in [0.717, 1.165) is 51.6 Å². The summed E-state index contributed by atoms with van der Waals surface area (Å²) in [5, 5.41) is 11.4. The molecule has 4 aromatic carbocycles. The molecular weight excluding hydrogens is 478 g/mol. The minimum atomic E-state index is -0.0108. The number of fused-ring (bicyclic) bond motifs is 5. The predicted octanol–water partition coefficient (Wildman–Crippen LogP) is 8.84. The van der Waals surface area contributed by atoms with Gasteiger partial charge in [0.15, 0.2) is 5.78 Å². The molecule has 4 aromatic rings. The van der Waals surface area contributed by atoms with Crippen LogP contribution in [0.25, 0.3) is 27.5 Å². The smallest absolute Gasteiger partial charge is 0.168 e. The molecule has 0 N–H and O–H groups in total. The first-order valence-corrected chi connectivity index (χ1v) is 13.4. The summed E-state index contributed by atoms with van der Waals surface area (Å²) in [5.41, 5.74) is 8.10. The zero-order chi connectivity index (χ0) is 27.0. The number of rotatable bonds is 1. The Hall–Kier alpha value is -4.68. The van der Waals surface area contributed by atoms with Crippen molar-refractivity contribution in [1.29, 1.82) is 5.26 Å². The Morgan fingerprint density at radius 1 is 0.872 bits per heavy atom. The Bertz CT molecular complexity index is 1720. The highest BCUT2D eigenvalue weighted by Crippen LogP contribution is 2.48. The molecule has 0 fully saturated rings. The molecule has 0 atom stereocenters. The van der Waals surface area contributed by atoms with Gasteiger partial charge < -0.3 is 4.74 Å². The third kappa shape index (κ3) is 4.39. The van der Waals surface area contributed by atoms with Crippen molar-refractivity contribution in [1.82, 2.24) is 0 Å². The molecular formula is C36H29NO2. The average molecular weight is 508 g/mol. The lowest BCUT2D eigenvalue weighted by Gasteiger charge is -2.35. The number of benzene rings is 4. The molecule has 39 heavy (non-hydrogen) atoms. The molecule has 0 saturated carbocycles. The third-order valence-electron chi connectivity index (χ3n) is 7.95. The van der Waals surface area contributed by atoms with Gasteiger partial charge in [0.05, 0.1) is 17.9 Å². The standard InChI is InChI=1S/C27H21NO.C9H8O/c1-27(2)14-6-9-21-22-13-12-20-18(16-28)10-11-19(17-7-4-3-5-8-17)25(20)26(22)24(29)15-23(21)27;1-2-6-9-8(4-1)5-3-7-10-9/h3-13H,14-15H2,1-2H3;1-4,6-7H,5H2. The van der Waals surface area contributed by atoms with Gasteiger partial charge in [-0.05, 0) is 69.9 Å². The van der Waals surface area contributed by atoms with Crippen LogP contribution in [0.15, 0.2) is 109 Å². The van der Waals surface area contributed by atoms with Gasteiger partial charge in [0.25, 0.3) is 0 Å². The molecule has 3 aliphatic rings. The van der Waals surface area contributed by atoms with E-state index in [2.05, 4.69) is 50.3 Å². The quantitative estimate of drug-likeness (QED) is 0.259. The number of nitrogens with zero attached hydrogens (tertiary/aromatic N) is 1. The highest BCUT2D eigenvalue weighted by Gasteiger charge is 2.35. The number of hydrogen-bond acceptors (Lipinski definition) is 3. The third-order valence-corrected chi connectivity index (χ3v) is 7.95. The van der Waals surface area contributed by atoms with Crippen molar-refractivity contribution in [3.63, 3.8) is 0 Å². The Labute approximate surface area is 229 Å². The van der Waals surface area contributed by atoms with Crippen LogP contribution >= 0.6 is 0 Å². The fraction of sp³-hybridized carbons (Fsp3) is 0.167. The number of carbonyl (C=O) groups is 1. The first kappa shape index (κ1) is 24.6. The first-order valence-electron chi connectivity index (χ1n) is 13.4. The molecule has 0 saturated heterocycles. The fourth-order valence-corrected chi connectivity index (χ4v) is 5.90. The number of Topliss-reactive ketones (excluding diaryl/α,β-unsaturated/α-hetero) is 1.